The minimum Gasteiger partial charge on any atom is -0.497 e. The number of methoxy groups -OCH3 is 1. The fourth-order valence-corrected chi connectivity index (χ4v) is 4.64. The van der Waals surface area contributed by atoms with Crippen LogP contribution in [0.5, 0.6) is 5.75 Å². The maximum Gasteiger partial charge on any atom is 0.249 e. The Bertz CT molecular complexity index is 1490. The first-order chi connectivity index (χ1) is 16.0. The summed E-state index contributed by atoms with van der Waals surface area (Å²) >= 11 is 0. The number of aromatic nitrogens is 1. The number of aryl methyl sites for hydroxylation is 2. The Hall–Kier alpha value is -4.05. The molecular formula is C29H25N2O2. The van der Waals surface area contributed by atoms with Gasteiger partial charge in [0.05, 0.1) is 18.1 Å². The van der Waals surface area contributed by atoms with Gasteiger partial charge in [0.25, 0.3) is 0 Å². The lowest BCUT2D eigenvalue weighted by Crippen LogP contribution is -2.11. The van der Waals surface area contributed by atoms with Gasteiger partial charge in [-0.1, -0.05) is 36.4 Å². The smallest absolute Gasteiger partial charge is 0.249 e. The molecule has 5 aromatic rings. The van der Waals surface area contributed by atoms with E-state index in [2.05, 4.69) is 54.8 Å². The van der Waals surface area contributed by atoms with Crippen LogP contribution in [0.25, 0.3) is 32.9 Å². The zero-order valence-electron chi connectivity index (χ0n) is 19.0. The molecule has 5 rings (SSSR count). The van der Waals surface area contributed by atoms with Crippen molar-refractivity contribution < 1.29 is 9.53 Å². The van der Waals surface area contributed by atoms with Crippen molar-refractivity contribution in [2.45, 2.75) is 20.4 Å². The van der Waals surface area contributed by atoms with Crippen molar-refractivity contribution in [2.24, 2.45) is 5.73 Å². The van der Waals surface area contributed by atoms with E-state index in [4.69, 9.17) is 10.5 Å². The van der Waals surface area contributed by atoms with Gasteiger partial charge in [0.1, 0.15) is 5.75 Å². The summed E-state index contributed by atoms with van der Waals surface area (Å²) in [6.45, 7) is 4.97. The maximum absolute atomic E-state index is 12.3. The third-order valence-corrected chi connectivity index (χ3v) is 6.44. The van der Waals surface area contributed by atoms with Crippen molar-refractivity contribution >= 4 is 27.7 Å². The molecule has 0 aliphatic carbocycles. The molecule has 33 heavy (non-hydrogen) atoms. The minimum absolute atomic E-state index is 0.431. The van der Waals surface area contributed by atoms with Gasteiger partial charge in [-0.05, 0) is 84.1 Å². The average Bonchev–Trinajstić information content (AvgIpc) is 3.14. The summed E-state index contributed by atoms with van der Waals surface area (Å²) in [5.74, 6) is 0.387. The quantitative estimate of drug-likeness (QED) is 0.368. The monoisotopic (exact) mass is 433 g/mol. The molecule has 0 unspecified atom stereocenters. The Morgan fingerprint density at radius 3 is 2.30 bits per heavy atom. The largest absolute Gasteiger partial charge is 0.497 e. The van der Waals surface area contributed by atoms with Gasteiger partial charge in [-0.3, -0.25) is 4.79 Å². The van der Waals surface area contributed by atoms with Crippen molar-refractivity contribution in [1.29, 1.82) is 0 Å². The van der Waals surface area contributed by atoms with Crippen molar-refractivity contribution in [1.82, 2.24) is 4.57 Å². The molecule has 0 aliphatic rings. The van der Waals surface area contributed by atoms with Crippen molar-refractivity contribution in [3.05, 3.63) is 101 Å². The molecule has 4 aromatic carbocycles. The number of ether oxygens (including phenoxy) is 1. The number of hydrogen-bond donors (Lipinski definition) is 1. The minimum atomic E-state index is -0.431. The van der Waals surface area contributed by atoms with Gasteiger partial charge in [-0.15, -0.1) is 0 Å². The zero-order valence-corrected chi connectivity index (χ0v) is 19.0. The molecule has 0 atom stereocenters. The normalized spacial score (nSPS) is 11.2. The molecule has 1 heterocycles. The first kappa shape index (κ1) is 20.8. The Morgan fingerprint density at radius 1 is 0.939 bits per heavy atom. The van der Waals surface area contributed by atoms with Crippen LogP contribution in [0.2, 0.25) is 0 Å². The molecule has 1 aromatic heterocycles. The number of fused-ring (bicyclic) bond motifs is 3. The molecule has 163 valence electrons. The predicted octanol–water partition coefficient (Wildman–Crippen LogP) is 6.03. The summed E-state index contributed by atoms with van der Waals surface area (Å²) in [4.78, 5) is 12.3. The average molecular weight is 434 g/mol. The molecule has 4 heteroatoms. The summed E-state index contributed by atoms with van der Waals surface area (Å²) < 4.78 is 7.58. The fourth-order valence-electron chi connectivity index (χ4n) is 4.64. The Balaban J connectivity index is 1.79. The van der Waals surface area contributed by atoms with Gasteiger partial charge in [-0.2, -0.15) is 0 Å². The Morgan fingerprint density at radius 2 is 1.64 bits per heavy atom. The first-order valence-electron chi connectivity index (χ1n) is 10.9. The molecule has 0 saturated carbocycles. The van der Waals surface area contributed by atoms with E-state index in [0.29, 0.717) is 12.1 Å². The van der Waals surface area contributed by atoms with E-state index in [9.17, 15) is 4.79 Å². The van der Waals surface area contributed by atoms with Crippen LogP contribution in [0.3, 0.4) is 0 Å². The zero-order chi connectivity index (χ0) is 23.1. The van der Waals surface area contributed by atoms with Crippen molar-refractivity contribution in [3.63, 3.8) is 0 Å². The Labute approximate surface area is 193 Å². The van der Waals surface area contributed by atoms with E-state index in [0.717, 1.165) is 38.7 Å². The van der Waals surface area contributed by atoms with Gasteiger partial charge >= 0.3 is 0 Å². The second-order valence-corrected chi connectivity index (χ2v) is 8.40. The third kappa shape index (κ3) is 3.54. The molecule has 0 bridgehead atoms. The molecule has 1 amide bonds. The van der Waals surface area contributed by atoms with E-state index in [1.54, 1.807) is 13.2 Å². The second-order valence-electron chi connectivity index (χ2n) is 8.40. The SMILES string of the molecule is COc1ccc(-c2c[c]c3c4c(C(N)=O)cccc4n(Cc4c(C)cccc4C)c3c2)cc1. The van der Waals surface area contributed by atoms with Crippen LogP contribution >= 0.6 is 0 Å². The summed E-state index contributed by atoms with van der Waals surface area (Å²) in [7, 11) is 1.66. The lowest BCUT2D eigenvalue weighted by Gasteiger charge is -2.14. The fraction of sp³-hybridized carbons (Fsp3) is 0.138. The van der Waals surface area contributed by atoms with Crippen LogP contribution in [0.4, 0.5) is 0 Å². The molecule has 2 N–H and O–H groups in total. The molecule has 4 nitrogen and oxygen atoms in total. The molecule has 1 radical (unpaired) electrons. The van der Waals surface area contributed by atoms with Gasteiger partial charge in [0.2, 0.25) is 5.91 Å². The van der Waals surface area contributed by atoms with Crippen LogP contribution in [-0.2, 0) is 6.54 Å². The third-order valence-electron chi connectivity index (χ3n) is 6.44. The summed E-state index contributed by atoms with van der Waals surface area (Å²) in [6.07, 6.45) is 0. The van der Waals surface area contributed by atoms with Crippen LogP contribution in [-0.4, -0.2) is 17.6 Å². The molecule has 0 aliphatic heterocycles. The molecule has 0 saturated heterocycles. The highest BCUT2D eigenvalue weighted by atomic mass is 16.5. The predicted molar refractivity (Wildman–Crippen MR) is 134 cm³/mol. The van der Waals surface area contributed by atoms with Gasteiger partial charge in [0, 0.05) is 22.9 Å². The molecule has 0 spiro atoms. The number of rotatable bonds is 5. The number of amides is 1. The van der Waals surface area contributed by atoms with Gasteiger partial charge in [-0.25, -0.2) is 0 Å². The lowest BCUT2D eigenvalue weighted by molar-refractivity contribution is 0.100. The van der Waals surface area contributed by atoms with Crippen molar-refractivity contribution in [2.75, 3.05) is 7.11 Å². The lowest BCUT2D eigenvalue weighted by atomic mass is 10.0. The van der Waals surface area contributed by atoms with E-state index in [-0.39, 0.29) is 0 Å². The van der Waals surface area contributed by atoms with Crippen molar-refractivity contribution in [3.8, 4) is 16.9 Å². The number of carbonyl (C=O) groups is 1. The number of nitrogens with zero attached hydrogens (tertiary/aromatic N) is 1. The van der Waals surface area contributed by atoms with Gasteiger partial charge in [0.15, 0.2) is 0 Å². The van der Waals surface area contributed by atoms with Gasteiger partial charge < -0.3 is 15.0 Å². The van der Waals surface area contributed by atoms with E-state index in [1.807, 2.05) is 36.4 Å². The van der Waals surface area contributed by atoms with Crippen LogP contribution in [0, 0.1) is 19.9 Å². The number of carbonyl (C=O) groups excluding carboxylic acids is 1. The highest BCUT2D eigenvalue weighted by Gasteiger charge is 2.18. The van der Waals surface area contributed by atoms with Crippen LogP contribution in [0.15, 0.2) is 72.8 Å². The number of nitrogens with two attached hydrogens (primary N) is 1. The molecule has 0 fully saturated rings. The van der Waals surface area contributed by atoms with E-state index >= 15 is 0 Å². The first-order valence-corrected chi connectivity index (χ1v) is 10.9. The van der Waals surface area contributed by atoms with Crippen LogP contribution < -0.4 is 10.5 Å². The number of benzene rings is 4. The topological polar surface area (TPSA) is 57.2 Å². The second kappa shape index (κ2) is 8.14. The molecular weight excluding hydrogens is 408 g/mol. The number of primary amides is 1. The maximum atomic E-state index is 12.3. The summed E-state index contributed by atoms with van der Waals surface area (Å²) in [6, 6.07) is 27.7. The summed E-state index contributed by atoms with van der Waals surface area (Å²) in [5.41, 5.74) is 14.2. The Kier molecular flexibility index (Phi) is 5.14. The van der Waals surface area contributed by atoms with E-state index in [1.165, 1.54) is 16.7 Å². The standard InChI is InChI=1S/C29H25N2O2/c1-18-6-4-7-19(2)25(18)17-31-26-9-5-8-24(29(30)32)28(26)23-15-12-21(16-27(23)31)20-10-13-22(33-3)14-11-20/h4-14,16H,17H2,1-3H3,(H2,30,32). The highest BCUT2D eigenvalue weighted by Crippen LogP contribution is 2.35. The highest BCUT2D eigenvalue weighted by molar-refractivity contribution is 6.18. The summed E-state index contributed by atoms with van der Waals surface area (Å²) in [5, 5.41) is 1.76. The van der Waals surface area contributed by atoms with Crippen LogP contribution in [0.1, 0.15) is 27.0 Å². The number of hydrogen-bond acceptors (Lipinski definition) is 2. The van der Waals surface area contributed by atoms with E-state index < -0.39 is 5.91 Å².